The van der Waals surface area contributed by atoms with E-state index in [0.717, 1.165) is 55.2 Å². The van der Waals surface area contributed by atoms with Crippen molar-refractivity contribution in [1.82, 2.24) is 41.7 Å². The highest BCUT2D eigenvalue weighted by Crippen LogP contribution is 2.32. The van der Waals surface area contributed by atoms with E-state index in [4.69, 9.17) is 0 Å². The Bertz CT molecular complexity index is 2310. The Labute approximate surface area is 389 Å². The third-order valence-electron chi connectivity index (χ3n) is 13.9. The minimum Gasteiger partial charge on any atom is -0.347 e. The number of hydrogen-bond acceptors (Lipinski definition) is 8. The molecule has 6 amide bonds. The van der Waals surface area contributed by atoms with E-state index in [2.05, 4.69) is 68.0 Å². The fraction of sp³-hybridized carbons (Fsp3) is 0.500. The molecule has 8 atom stereocenters. The summed E-state index contributed by atoms with van der Waals surface area (Å²) in [6.45, 7) is 4.25. The topological polar surface area (TPSA) is 181 Å². The quantitative estimate of drug-likeness (QED) is 0.126. The van der Waals surface area contributed by atoms with Crippen LogP contribution in [0.5, 0.6) is 0 Å². The maximum atomic E-state index is 14.4. The summed E-state index contributed by atoms with van der Waals surface area (Å²) >= 11 is 0. The molecule has 14 nitrogen and oxygen atoms in total. The first-order valence-electron chi connectivity index (χ1n) is 23.9. The van der Waals surface area contributed by atoms with Crippen LogP contribution < -0.4 is 31.9 Å². The molecule has 350 valence electrons. The van der Waals surface area contributed by atoms with E-state index in [-0.39, 0.29) is 60.4 Å². The summed E-state index contributed by atoms with van der Waals surface area (Å²) < 4.78 is 0. The Kier molecular flexibility index (Phi) is 16.3. The number of benzene rings is 3. The Morgan fingerprint density at radius 1 is 0.606 bits per heavy atom. The molecule has 0 spiro atoms. The highest BCUT2D eigenvalue weighted by molar-refractivity contribution is 5.95. The number of carbonyl (C=O) groups excluding carboxylic acids is 6. The zero-order chi connectivity index (χ0) is 46.7. The van der Waals surface area contributed by atoms with Crippen LogP contribution >= 0.6 is 0 Å². The maximum Gasteiger partial charge on any atom is 0.246 e. The normalized spacial score (nSPS) is 21.7. The Hall–Kier alpha value is -6.04. The molecule has 3 aromatic carbocycles. The second-order valence-electron chi connectivity index (χ2n) is 18.2. The van der Waals surface area contributed by atoms with Crippen molar-refractivity contribution in [2.45, 2.75) is 139 Å². The predicted octanol–water partition coefficient (Wildman–Crippen LogP) is 3.53. The fourth-order valence-corrected chi connectivity index (χ4v) is 9.82. The van der Waals surface area contributed by atoms with Crippen LogP contribution in [-0.4, -0.2) is 109 Å². The molecule has 2 fully saturated rings. The van der Waals surface area contributed by atoms with Gasteiger partial charge in [0.1, 0.15) is 24.2 Å². The number of aryl methyl sites for hydroxylation is 2. The SMILES string of the molecule is CN[C@@H](C)C(=O)N[C@@H](CC#Cc1ccc(C[C@H](NC(=O)[C@H](C)NC)C(=O)N2CCC[C@H]2C(=O)N[C@@H]2CCCc3ccccc32)cc1)C(=O)N1CCC[C@H]1C(=O)N[C@@H]1CCCc2ccccc21. The van der Waals surface area contributed by atoms with E-state index in [1.807, 2.05) is 48.5 Å². The number of likely N-dealkylation sites (N-methyl/N-ethyl adjacent to an activating group) is 2. The van der Waals surface area contributed by atoms with Gasteiger partial charge in [0.15, 0.2) is 0 Å². The van der Waals surface area contributed by atoms with Crippen molar-refractivity contribution in [1.29, 1.82) is 0 Å². The van der Waals surface area contributed by atoms with Gasteiger partial charge < -0.3 is 41.7 Å². The zero-order valence-electron chi connectivity index (χ0n) is 38.8. The van der Waals surface area contributed by atoms with Gasteiger partial charge in [-0.3, -0.25) is 28.8 Å². The smallest absolute Gasteiger partial charge is 0.246 e. The van der Waals surface area contributed by atoms with E-state index in [1.165, 1.54) is 11.1 Å². The lowest BCUT2D eigenvalue weighted by Gasteiger charge is -2.32. The van der Waals surface area contributed by atoms with Crippen molar-refractivity contribution in [2.24, 2.45) is 0 Å². The number of amides is 6. The number of nitrogens with zero attached hydrogens (tertiary/aromatic N) is 2. The van der Waals surface area contributed by atoms with Crippen LogP contribution in [0.3, 0.4) is 0 Å². The van der Waals surface area contributed by atoms with E-state index in [1.54, 1.807) is 37.7 Å². The van der Waals surface area contributed by atoms with E-state index < -0.39 is 36.3 Å². The first-order valence-corrected chi connectivity index (χ1v) is 23.9. The van der Waals surface area contributed by atoms with Crippen molar-refractivity contribution in [2.75, 3.05) is 27.2 Å². The summed E-state index contributed by atoms with van der Waals surface area (Å²) in [6.07, 6.45) is 8.22. The molecule has 7 rings (SSSR count). The Morgan fingerprint density at radius 3 is 1.58 bits per heavy atom. The molecule has 4 aliphatic rings. The first-order chi connectivity index (χ1) is 31.9. The summed E-state index contributed by atoms with van der Waals surface area (Å²) in [6, 6.07) is 19.2. The van der Waals surface area contributed by atoms with Crippen molar-refractivity contribution in [3.8, 4) is 11.8 Å². The molecule has 0 radical (unpaired) electrons. The average molecular weight is 899 g/mol. The average Bonchev–Trinajstić information content (AvgIpc) is 4.05. The number of fused-ring (bicyclic) bond motifs is 2. The largest absolute Gasteiger partial charge is 0.347 e. The molecule has 0 unspecified atom stereocenters. The maximum absolute atomic E-state index is 14.4. The van der Waals surface area contributed by atoms with E-state index in [0.29, 0.717) is 44.3 Å². The van der Waals surface area contributed by atoms with E-state index >= 15 is 0 Å². The molecule has 2 heterocycles. The molecule has 66 heavy (non-hydrogen) atoms. The number of hydrogen-bond donors (Lipinski definition) is 6. The van der Waals surface area contributed by atoms with Crippen LogP contribution in [0, 0.1) is 11.8 Å². The monoisotopic (exact) mass is 899 g/mol. The minimum atomic E-state index is -0.978. The second-order valence-corrected chi connectivity index (χ2v) is 18.2. The van der Waals surface area contributed by atoms with Crippen LogP contribution in [0.2, 0.25) is 0 Å². The van der Waals surface area contributed by atoms with Gasteiger partial charge >= 0.3 is 0 Å². The van der Waals surface area contributed by atoms with E-state index in [9.17, 15) is 28.8 Å². The lowest BCUT2D eigenvalue weighted by molar-refractivity contribution is -0.141. The molecule has 14 heteroatoms. The molecule has 2 aliphatic carbocycles. The lowest BCUT2D eigenvalue weighted by Crippen LogP contribution is -2.56. The van der Waals surface area contributed by atoms with Crippen LogP contribution in [0.15, 0.2) is 72.8 Å². The van der Waals surface area contributed by atoms with Crippen LogP contribution in [-0.2, 0) is 48.0 Å². The first kappa shape index (κ1) is 47.9. The van der Waals surface area contributed by atoms with Gasteiger partial charge in [-0.25, -0.2) is 0 Å². The van der Waals surface area contributed by atoms with Gasteiger partial charge in [0.2, 0.25) is 35.4 Å². The highest BCUT2D eigenvalue weighted by Gasteiger charge is 2.40. The number of rotatable bonds is 15. The summed E-state index contributed by atoms with van der Waals surface area (Å²) in [5, 5.41) is 18.2. The van der Waals surface area contributed by atoms with Crippen molar-refractivity contribution < 1.29 is 28.8 Å². The third-order valence-corrected chi connectivity index (χ3v) is 13.9. The highest BCUT2D eigenvalue weighted by atomic mass is 16.2. The summed E-state index contributed by atoms with van der Waals surface area (Å²) in [5.41, 5.74) is 6.17. The molecule has 0 bridgehead atoms. The van der Waals surface area contributed by atoms with Gasteiger partial charge in [0.25, 0.3) is 0 Å². The van der Waals surface area contributed by atoms with Gasteiger partial charge in [-0.15, -0.1) is 0 Å². The molecule has 0 aromatic heterocycles. The molecule has 0 saturated carbocycles. The van der Waals surface area contributed by atoms with Gasteiger partial charge in [-0.05, 0) is 132 Å². The van der Waals surface area contributed by atoms with Gasteiger partial charge in [0.05, 0.1) is 24.2 Å². The summed E-state index contributed by atoms with van der Waals surface area (Å²) in [5.74, 6) is 4.55. The zero-order valence-corrected chi connectivity index (χ0v) is 38.8. The molecule has 2 saturated heterocycles. The number of nitrogens with one attached hydrogen (secondary N) is 6. The van der Waals surface area contributed by atoms with Gasteiger partial charge in [-0.2, -0.15) is 0 Å². The lowest BCUT2D eigenvalue weighted by atomic mass is 9.87. The van der Waals surface area contributed by atoms with Gasteiger partial charge in [0, 0.05) is 31.5 Å². The number of carbonyl (C=O) groups is 6. The predicted molar refractivity (Wildman–Crippen MR) is 253 cm³/mol. The number of likely N-dealkylation sites (tertiary alicyclic amines) is 2. The fourth-order valence-electron chi connectivity index (χ4n) is 9.82. The Balaban J connectivity index is 1.02. The third kappa shape index (κ3) is 11.5. The standard InChI is InChI=1S/C52H66N8O6/c1-33(53-3)47(61)57-43(51(65)59-30-12-24-45(59)49(63)55-41-21-10-17-37-15-5-7-19-39(37)41)23-9-14-35-26-28-36(29-27-35)32-44(58-48(62)34(2)54-4)52(66)60-31-13-25-46(60)50(64)56-42-22-11-18-38-16-6-8-20-40(38)42/h5-8,15-16,19-20,26-29,33-34,41-46,53-54H,10-13,17-18,21-25,30-32H2,1-4H3,(H,55,63)(H,56,64)(H,57,61)(H,58,62)/t33-,34-,41+,42+,43-,44-,45-,46-/m0/s1. The second kappa shape index (κ2) is 22.4. The van der Waals surface area contributed by atoms with Crippen molar-refractivity contribution in [3.05, 3.63) is 106 Å². The molecular weight excluding hydrogens is 833 g/mol. The molecular formula is C52H66N8O6. The van der Waals surface area contributed by atoms with Crippen LogP contribution in [0.25, 0.3) is 0 Å². The Morgan fingerprint density at radius 2 is 1.08 bits per heavy atom. The van der Waals surface area contributed by atoms with Crippen molar-refractivity contribution in [3.63, 3.8) is 0 Å². The molecule has 2 aliphatic heterocycles. The van der Waals surface area contributed by atoms with Crippen molar-refractivity contribution >= 4 is 35.4 Å². The minimum absolute atomic E-state index is 0.0215. The summed E-state index contributed by atoms with van der Waals surface area (Å²) in [4.78, 5) is 85.8. The molecule has 3 aromatic rings. The molecule has 6 N–H and O–H groups in total. The van der Waals surface area contributed by atoms with Crippen LogP contribution in [0.4, 0.5) is 0 Å². The summed E-state index contributed by atoms with van der Waals surface area (Å²) in [7, 11) is 3.35. The van der Waals surface area contributed by atoms with Gasteiger partial charge in [-0.1, -0.05) is 72.5 Å². The van der Waals surface area contributed by atoms with Crippen LogP contribution in [0.1, 0.15) is 117 Å².